The quantitative estimate of drug-likeness (QED) is 0.828. The first-order valence-electron chi connectivity index (χ1n) is 7.50. The van der Waals surface area contributed by atoms with Crippen molar-refractivity contribution in [3.05, 3.63) is 17.6 Å². The zero-order valence-corrected chi connectivity index (χ0v) is 12.0. The Hall–Kier alpha value is -1.16. The highest BCUT2D eigenvalue weighted by molar-refractivity contribution is 5.47. The second-order valence-corrected chi connectivity index (χ2v) is 5.38. The monoisotopic (exact) mass is 263 g/mol. The maximum Gasteiger partial charge on any atom is 0.132 e. The third-order valence-electron chi connectivity index (χ3n) is 4.20. The Bertz CT molecular complexity index is 404. The summed E-state index contributed by atoms with van der Waals surface area (Å²) in [5, 5.41) is 13.5. The molecule has 1 heterocycles. The maximum atomic E-state index is 10.2. The maximum absolute atomic E-state index is 10.2. The second kappa shape index (κ2) is 6.85. The molecule has 0 saturated heterocycles. The summed E-state index contributed by atoms with van der Waals surface area (Å²) >= 11 is 0. The zero-order valence-electron chi connectivity index (χ0n) is 12.0. The van der Waals surface area contributed by atoms with Crippen LogP contribution in [0.1, 0.15) is 50.8 Å². The number of rotatable bonds is 6. The lowest BCUT2D eigenvalue weighted by molar-refractivity contribution is 0.114. The van der Waals surface area contributed by atoms with Crippen LogP contribution in [-0.4, -0.2) is 27.7 Å². The topological polar surface area (TPSA) is 58.0 Å². The lowest BCUT2D eigenvalue weighted by Crippen LogP contribution is -2.28. The van der Waals surface area contributed by atoms with E-state index in [9.17, 15) is 5.11 Å². The van der Waals surface area contributed by atoms with Crippen LogP contribution in [0.3, 0.4) is 0 Å². The van der Waals surface area contributed by atoms with Crippen molar-refractivity contribution >= 4 is 5.82 Å². The number of hydrogen-bond donors (Lipinski definition) is 2. The fraction of sp³-hybridized carbons (Fsp3) is 0.733. The SMILES string of the molecule is CCC(CC)C(O)CNc1ncnc2c1CCCC2. The molecule has 1 aromatic rings. The molecule has 1 aliphatic carbocycles. The van der Waals surface area contributed by atoms with E-state index >= 15 is 0 Å². The molecule has 0 aromatic carbocycles. The summed E-state index contributed by atoms with van der Waals surface area (Å²) in [6.45, 7) is 4.84. The summed E-state index contributed by atoms with van der Waals surface area (Å²) < 4.78 is 0. The van der Waals surface area contributed by atoms with Gasteiger partial charge in [0.25, 0.3) is 0 Å². The Morgan fingerprint density at radius 3 is 2.68 bits per heavy atom. The second-order valence-electron chi connectivity index (χ2n) is 5.38. The summed E-state index contributed by atoms with van der Waals surface area (Å²) in [6, 6.07) is 0. The molecule has 2 rings (SSSR count). The highest BCUT2D eigenvalue weighted by atomic mass is 16.3. The molecule has 1 unspecified atom stereocenters. The van der Waals surface area contributed by atoms with Crippen LogP contribution in [0, 0.1) is 5.92 Å². The first-order valence-corrected chi connectivity index (χ1v) is 7.50. The van der Waals surface area contributed by atoms with Crippen LogP contribution in [0.15, 0.2) is 6.33 Å². The summed E-state index contributed by atoms with van der Waals surface area (Å²) in [5.41, 5.74) is 2.44. The first-order chi connectivity index (χ1) is 9.26. The van der Waals surface area contributed by atoms with E-state index in [-0.39, 0.29) is 6.10 Å². The van der Waals surface area contributed by atoms with E-state index in [0.29, 0.717) is 12.5 Å². The third kappa shape index (κ3) is 3.44. The standard InChI is InChI=1S/C15H25N3O/c1-3-11(4-2)14(19)9-16-15-12-7-5-6-8-13(12)17-10-18-15/h10-11,14,19H,3-9H2,1-2H3,(H,16,17,18). The number of aliphatic hydroxyl groups is 1. The smallest absolute Gasteiger partial charge is 0.132 e. The van der Waals surface area contributed by atoms with Crippen molar-refractivity contribution in [2.24, 2.45) is 5.92 Å². The first kappa shape index (κ1) is 14.3. The minimum atomic E-state index is -0.302. The fourth-order valence-electron chi connectivity index (χ4n) is 2.87. The predicted octanol–water partition coefficient (Wildman–Crippen LogP) is 2.56. The van der Waals surface area contributed by atoms with E-state index in [1.165, 1.54) is 24.1 Å². The number of aromatic nitrogens is 2. The van der Waals surface area contributed by atoms with Crippen LogP contribution >= 0.6 is 0 Å². The number of nitrogens with zero attached hydrogens (tertiary/aromatic N) is 2. The molecule has 0 fully saturated rings. The Kier molecular flexibility index (Phi) is 5.14. The summed E-state index contributed by atoms with van der Waals surface area (Å²) in [7, 11) is 0. The van der Waals surface area contributed by atoms with Crippen LogP contribution in [0.5, 0.6) is 0 Å². The summed E-state index contributed by atoms with van der Waals surface area (Å²) in [5.74, 6) is 1.29. The lowest BCUT2D eigenvalue weighted by atomic mass is 9.95. The van der Waals surface area contributed by atoms with Gasteiger partial charge in [-0.2, -0.15) is 0 Å². The molecule has 106 valence electrons. The molecule has 0 radical (unpaired) electrons. The van der Waals surface area contributed by atoms with Gasteiger partial charge in [0.2, 0.25) is 0 Å². The van der Waals surface area contributed by atoms with Crippen LogP contribution in [0.4, 0.5) is 5.82 Å². The molecule has 1 aromatic heterocycles. The Balaban J connectivity index is 2.00. The van der Waals surface area contributed by atoms with E-state index in [1.807, 2.05) is 0 Å². The average molecular weight is 263 g/mol. The van der Waals surface area contributed by atoms with Gasteiger partial charge >= 0.3 is 0 Å². The predicted molar refractivity (Wildman–Crippen MR) is 77.2 cm³/mol. The van der Waals surface area contributed by atoms with E-state index in [1.54, 1.807) is 6.33 Å². The molecule has 0 saturated carbocycles. The molecule has 0 amide bonds. The van der Waals surface area contributed by atoms with Crippen LogP contribution in [0.25, 0.3) is 0 Å². The van der Waals surface area contributed by atoms with Gasteiger partial charge in [-0.05, 0) is 31.6 Å². The van der Waals surface area contributed by atoms with Crippen molar-refractivity contribution in [2.75, 3.05) is 11.9 Å². The lowest BCUT2D eigenvalue weighted by Gasteiger charge is -2.22. The minimum Gasteiger partial charge on any atom is -0.391 e. The number of nitrogens with one attached hydrogen (secondary N) is 1. The Labute approximate surface area is 115 Å². The largest absolute Gasteiger partial charge is 0.391 e. The number of anilines is 1. The molecule has 4 nitrogen and oxygen atoms in total. The molecule has 2 N–H and O–H groups in total. The molecule has 0 spiro atoms. The molecule has 1 atom stereocenters. The van der Waals surface area contributed by atoms with Gasteiger partial charge in [-0.3, -0.25) is 0 Å². The average Bonchev–Trinajstić information content (AvgIpc) is 2.46. The van der Waals surface area contributed by atoms with Gasteiger partial charge in [0.15, 0.2) is 0 Å². The van der Waals surface area contributed by atoms with Crippen molar-refractivity contribution in [1.82, 2.24) is 9.97 Å². The summed E-state index contributed by atoms with van der Waals surface area (Å²) in [4.78, 5) is 8.70. The Morgan fingerprint density at radius 1 is 1.21 bits per heavy atom. The molecule has 0 aliphatic heterocycles. The highest BCUT2D eigenvalue weighted by Crippen LogP contribution is 2.24. The van der Waals surface area contributed by atoms with E-state index in [2.05, 4.69) is 29.1 Å². The van der Waals surface area contributed by atoms with Gasteiger partial charge in [-0.1, -0.05) is 26.7 Å². The van der Waals surface area contributed by atoms with Crippen LogP contribution < -0.4 is 5.32 Å². The zero-order chi connectivity index (χ0) is 13.7. The van der Waals surface area contributed by atoms with Gasteiger partial charge in [0.1, 0.15) is 12.1 Å². The van der Waals surface area contributed by atoms with Gasteiger partial charge in [0, 0.05) is 17.8 Å². The molecule has 4 heteroatoms. The molecule has 1 aliphatic rings. The molecular formula is C15H25N3O. The highest BCUT2D eigenvalue weighted by Gasteiger charge is 2.18. The van der Waals surface area contributed by atoms with Crippen molar-refractivity contribution in [1.29, 1.82) is 0 Å². The van der Waals surface area contributed by atoms with Crippen LogP contribution in [0.2, 0.25) is 0 Å². The van der Waals surface area contributed by atoms with Crippen LogP contribution in [-0.2, 0) is 12.8 Å². The van der Waals surface area contributed by atoms with E-state index < -0.39 is 0 Å². The van der Waals surface area contributed by atoms with Crippen molar-refractivity contribution in [2.45, 2.75) is 58.5 Å². The number of aryl methyl sites for hydroxylation is 1. The van der Waals surface area contributed by atoms with Crippen molar-refractivity contribution in [3.63, 3.8) is 0 Å². The molecule has 0 bridgehead atoms. The number of hydrogen-bond acceptors (Lipinski definition) is 4. The normalized spacial score (nSPS) is 16.2. The Morgan fingerprint density at radius 2 is 1.95 bits per heavy atom. The van der Waals surface area contributed by atoms with Gasteiger partial charge in [-0.15, -0.1) is 0 Å². The van der Waals surface area contributed by atoms with E-state index in [4.69, 9.17) is 0 Å². The van der Waals surface area contributed by atoms with Gasteiger partial charge in [0.05, 0.1) is 6.10 Å². The van der Waals surface area contributed by atoms with Crippen molar-refractivity contribution < 1.29 is 5.11 Å². The number of fused-ring (bicyclic) bond motifs is 1. The van der Waals surface area contributed by atoms with Crippen molar-refractivity contribution in [3.8, 4) is 0 Å². The van der Waals surface area contributed by atoms with Gasteiger partial charge in [-0.25, -0.2) is 9.97 Å². The fourth-order valence-corrected chi connectivity index (χ4v) is 2.87. The molecule has 19 heavy (non-hydrogen) atoms. The van der Waals surface area contributed by atoms with E-state index in [0.717, 1.165) is 31.5 Å². The summed E-state index contributed by atoms with van der Waals surface area (Å²) in [6.07, 6.45) is 7.91. The third-order valence-corrected chi connectivity index (χ3v) is 4.20. The van der Waals surface area contributed by atoms with Gasteiger partial charge < -0.3 is 10.4 Å². The molecular weight excluding hydrogens is 238 g/mol. The number of aliphatic hydroxyl groups excluding tert-OH is 1. The minimum absolute atomic E-state index is 0.302.